The molecule has 0 aromatic heterocycles. The molecule has 228 valence electrons. The van der Waals surface area contributed by atoms with E-state index in [1.165, 1.54) is 21.7 Å². The highest BCUT2D eigenvalue weighted by molar-refractivity contribution is 6.07. The van der Waals surface area contributed by atoms with Crippen LogP contribution in [0.3, 0.4) is 0 Å². The van der Waals surface area contributed by atoms with Crippen molar-refractivity contribution in [3.05, 3.63) is 83.9 Å². The lowest BCUT2D eigenvalue weighted by Crippen LogP contribution is -2.48. The van der Waals surface area contributed by atoms with Gasteiger partial charge in [-0.25, -0.2) is 4.79 Å². The summed E-state index contributed by atoms with van der Waals surface area (Å²) in [5.74, 6) is -0.863. The third-order valence-corrected chi connectivity index (χ3v) is 6.66. The van der Waals surface area contributed by atoms with E-state index >= 15 is 0 Å². The lowest BCUT2D eigenvalue weighted by molar-refractivity contribution is -0.122. The van der Waals surface area contributed by atoms with E-state index in [0.29, 0.717) is 22.8 Å². The molecular formula is C33H40N4O6. The van der Waals surface area contributed by atoms with E-state index in [2.05, 4.69) is 5.32 Å². The van der Waals surface area contributed by atoms with Gasteiger partial charge in [-0.3, -0.25) is 19.3 Å². The number of rotatable bonds is 10. The number of aryl methyl sites for hydroxylation is 1. The van der Waals surface area contributed by atoms with Gasteiger partial charge in [0.1, 0.15) is 24.4 Å². The van der Waals surface area contributed by atoms with E-state index in [4.69, 9.17) is 9.47 Å². The molecule has 0 fully saturated rings. The molecule has 10 heteroatoms. The number of para-hydroxylation sites is 1. The van der Waals surface area contributed by atoms with Crippen LogP contribution in [0.15, 0.2) is 72.8 Å². The monoisotopic (exact) mass is 588 g/mol. The van der Waals surface area contributed by atoms with E-state index in [1.807, 2.05) is 44.2 Å². The molecule has 0 radical (unpaired) electrons. The van der Waals surface area contributed by atoms with E-state index in [-0.39, 0.29) is 25.0 Å². The smallest absolute Gasteiger partial charge is 0.415 e. The molecule has 1 N–H and O–H groups in total. The third kappa shape index (κ3) is 9.06. The van der Waals surface area contributed by atoms with Crippen molar-refractivity contribution >= 4 is 40.9 Å². The highest BCUT2D eigenvalue weighted by Gasteiger charge is 2.30. The van der Waals surface area contributed by atoms with Crippen LogP contribution in [0, 0.1) is 13.8 Å². The summed E-state index contributed by atoms with van der Waals surface area (Å²) < 4.78 is 11.3. The van der Waals surface area contributed by atoms with Crippen LogP contribution in [0.5, 0.6) is 5.75 Å². The second-order valence-electron chi connectivity index (χ2n) is 11.0. The molecule has 3 aromatic rings. The van der Waals surface area contributed by atoms with Gasteiger partial charge in [0.25, 0.3) is 5.91 Å². The highest BCUT2D eigenvalue weighted by Crippen LogP contribution is 2.27. The first kappa shape index (κ1) is 32.7. The van der Waals surface area contributed by atoms with Crippen molar-refractivity contribution in [1.29, 1.82) is 0 Å². The molecule has 0 saturated heterocycles. The molecular weight excluding hydrogens is 548 g/mol. The third-order valence-electron chi connectivity index (χ3n) is 6.66. The Hall–Kier alpha value is -4.86. The summed E-state index contributed by atoms with van der Waals surface area (Å²) in [6, 6.07) is 21.1. The Bertz CT molecular complexity index is 1450. The number of carbonyl (C=O) groups is 4. The first-order valence-corrected chi connectivity index (χ1v) is 13.9. The zero-order chi connectivity index (χ0) is 31.7. The minimum atomic E-state index is -0.805. The van der Waals surface area contributed by atoms with Gasteiger partial charge in [-0.1, -0.05) is 36.4 Å². The predicted octanol–water partition coefficient (Wildman–Crippen LogP) is 4.87. The number of anilines is 3. The fourth-order valence-electron chi connectivity index (χ4n) is 4.14. The van der Waals surface area contributed by atoms with Crippen molar-refractivity contribution in [3.63, 3.8) is 0 Å². The van der Waals surface area contributed by atoms with Crippen LogP contribution in [0.25, 0.3) is 0 Å². The fourth-order valence-corrected chi connectivity index (χ4v) is 4.14. The number of likely N-dealkylation sites (N-methyl/N-ethyl adjacent to an activating group) is 2. The number of amides is 4. The molecule has 0 spiro atoms. The van der Waals surface area contributed by atoms with Crippen molar-refractivity contribution in [2.45, 2.75) is 40.2 Å². The first-order chi connectivity index (χ1) is 20.3. The number of hydrogen-bond donors (Lipinski definition) is 1. The topological polar surface area (TPSA) is 108 Å². The lowest BCUT2D eigenvalue weighted by atomic mass is 10.1. The second-order valence-corrected chi connectivity index (χ2v) is 11.0. The van der Waals surface area contributed by atoms with E-state index in [1.54, 1.807) is 70.3 Å². The Labute approximate surface area is 253 Å². The Balaban J connectivity index is 2.01. The number of carbonyl (C=O) groups excluding carboxylic acids is 4. The number of ether oxygens (including phenoxy) is 2. The molecule has 43 heavy (non-hydrogen) atoms. The SMILES string of the molecule is CNC(=O)COc1cccc(N(CC(=O)N(C)c2ccccc2)C(=O)CN(C(=O)OC(C)(C)C)c2cccc(C)c2C)c1. The summed E-state index contributed by atoms with van der Waals surface area (Å²) in [6.45, 7) is 8.11. The predicted molar refractivity (Wildman–Crippen MR) is 168 cm³/mol. The average Bonchev–Trinajstić information content (AvgIpc) is 2.98. The number of hydrogen-bond acceptors (Lipinski definition) is 6. The van der Waals surface area contributed by atoms with Gasteiger partial charge in [0.15, 0.2) is 6.61 Å². The van der Waals surface area contributed by atoms with Gasteiger partial charge in [-0.15, -0.1) is 0 Å². The van der Waals surface area contributed by atoms with E-state index in [9.17, 15) is 19.2 Å². The molecule has 0 saturated carbocycles. The Morgan fingerprint density at radius 3 is 2.07 bits per heavy atom. The number of nitrogens with one attached hydrogen (secondary N) is 1. The van der Waals surface area contributed by atoms with Gasteiger partial charge in [-0.05, 0) is 76.1 Å². The zero-order valence-electron chi connectivity index (χ0n) is 25.8. The fraction of sp³-hybridized carbons (Fsp3) is 0.333. The van der Waals surface area contributed by atoms with Crippen molar-refractivity contribution in [2.24, 2.45) is 0 Å². The standard InChI is InChI=1S/C33H40N4O6/c1-23-13-11-18-28(24(23)2)37(32(41)43-33(3,4)5)21-31(40)36(20-30(39)35(7)25-14-9-8-10-15-25)26-16-12-17-27(19-26)42-22-29(38)34-6/h8-19H,20-22H2,1-7H3,(H,34,38). The first-order valence-electron chi connectivity index (χ1n) is 13.9. The molecule has 0 atom stereocenters. The minimum Gasteiger partial charge on any atom is -0.484 e. The summed E-state index contributed by atoms with van der Waals surface area (Å²) in [6.07, 6.45) is -0.690. The molecule has 3 rings (SSSR count). The number of nitrogens with zero attached hydrogens (tertiary/aromatic N) is 3. The van der Waals surface area contributed by atoms with Gasteiger partial charge < -0.3 is 24.6 Å². The maximum atomic E-state index is 14.1. The van der Waals surface area contributed by atoms with Gasteiger partial charge >= 0.3 is 6.09 Å². The summed E-state index contributed by atoms with van der Waals surface area (Å²) >= 11 is 0. The summed E-state index contributed by atoms with van der Waals surface area (Å²) in [5.41, 5.74) is 2.50. The summed E-state index contributed by atoms with van der Waals surface area (Å²) in [7, 11) is 3.13. The maximum Gasteiger partial charge on any atom is 0.415 e. The van der Waals surface area contributed by atoms with Gasteiger partial charge in [0.05, 0.1) is 5.69 Å². The van der Waals surface area contributed by atoms with Crippen LogP contribution in [0.2, 0.25) is 0 Å². The zero-order valence-corrected chi connectivity index (χ0v) is 25.8. The molecule has 0 aliphatic heterocycles. The number of benzene rings is 3. The molecule has 0 unspecified atom stereocenters. The quantitative estimate of drug-likeness (QED) is 0.362. The van der Waals surface area contributed by atoms with Crippen LogP contribution in [0.4, 0.5) is 21.9 Å². The van der Waals surface area contributed by atoms with Crippen LogP contribution in [0.1, 0.15) is 31.9 Å². The second kappa shape index (κ2) is 14.4. The molecule has 10 nitrogen and oxygen atoms in total. The molecule has 0 aliphatic carbocycles. The molecule has 4 amide bonds. The van der Waals surface area contributed by atoms with Crippen molar-refractivity contribution in [2.75, 3.05) is 48.5 Å². The summed E-state index contributed by atoms with van der Waals surface area (Å²) in [4.78, 5) is 56.9. The van der Waals surface area contributed by atoms with Crippen molar-refractivity contribution in [3.8, 4) is 5.75 Å². The molecule has 0 bridgehead atoms. The normalized spacial score (nSPS) is 10.9. The van der Waals surface area contributed by atoms with Crippen LogP contribution in [-0.2, 0) is 19.1 Å². The van der Waals surface area contributed by atoms with Crippen LogP contribution in [-0.4, -0.2) is 63.2 Å². The largest absolute Gasteiger partial charge is 0.484 e. The average molecular weight is 589 g/mol. The van der Waals surface area contributed by atoms with Crippen LogP contribution < -0.4 is 24.8 Å². The Morgan fingerprint density at radius 1 is 0.791 bits per heavy atom. The summed E-state index contributed by atoms with van der Waals surface area (Å²) in [5, 5.41) is 2.49. The van der Waals surface area contributed by atoms with Gasteiger partial charge in [-0.2, -0.15) is 0 Å². The maximum absolute atomic E-state index is 14.1. The Kier molecular flexibility index (Phi) is 10.9. The van der Waals surface area contributed by atoms with E-state index in [0.717, 1.165) is 11.1 Å². The van der Waals surface area contributed by atoms with Crippen molar-refractivity contribution < 1.29 is 28.7 Å². The van der Waals surface area contributed by atoms with E-state index < -0.39 is 24.1 Å². The van der Waals surface area contributed by atoms with Gasteiger partial charge in [0, 0.05) is 31.5 Å². The van der Waals surface area contributed by atoms with Crippen molar-refractivity contribution in [1.82, 2.24) is 5.32 Å². The molecule has 0 heterocycles. The Morgan fingerprint density at radius 2 is 1.42 bits per heavy atom. The molecule has 0 aliphatic rings. The highest BCUT2D eigenvalue weighted by atomic mass is 16.6. The minimum absolute atomic E-state index is 0.220. The van der Waals surface area contributed by atoms with Crippen LogP contribution >= 0.6 is 0 Å². The lowest BCUT2D eigenvalue weighted by Gasteiger charge is -2.31. The van der Waals surface area contributed by atoms with Gasteiger partial charge in [0.2, 0.25) is 11.8 Å². The molecule has 3 aromatic carbocycles.